The van der Waals surface area contributed by atoms with Crippen molar-refractivity contribution in [1.82, 2.24) is 0 Å². The topological polar surface area (TPSA) is 49.0 Å². The summed E-state index contributed by atoms with van der Waals surface area (Å²) in [7, 11) is 0. The number of nitrogens with one attached hydrogen (secondary N) is 1. The molecule has 0 aromatic heterocycles. The second-order valence-corrected chi connectivity index (χ2v) is 2.50. The summed E-state index contributed by atoms with van der Waals surface area (Å²) < 4.78 is 0. The molecule has 0 aliphatic carbocycles. The second-order valence-electron chi connectivity index (χ2n) is 2.50. The minimum atomic E-state index is -1.17. The van der Waals surface area contributed by atoms with Gasteiger partial charge in [0.05, 0.1) is 5.56 Å². The van der Waals surface area contributed by atoms with Crippen molar-refractivity contribution in [1.29, 1.82) is 0 Å². The predicted molar refractivity (Wildman–Crippen MR) is 50.1 cm³/mol. The number of carbonyl (C=O) groups is 1. The van der Waals surface area contributed by atoms with Crippen LogP contribution in [0.3, 0.4) is 0 Å². The Morgan fingerprint density at radius 1 is 1.46 bits per heavy atom. The Bertz CT molecular complexity index is 320. The normalized spacial score (nSPS) is 9.23. The lowest BCUT2D eigenvalue weighted by Crippen LogP contribution is -2.04. The molecule has 13 heavy (non-hydrogen) atoms. The average molecular weight is 176 g/mol. The van der Waals surface area contributed by atoms with Crippen molar-refractivity contribution < 1.29 is 9.90 Å². The number of hydrogen-bond donors (Lipinski definition) is 1. The quantitative estimate of drug-likeness (QED) is 0.712. The number of rotatable bonds is 4. The van der Waals surface area contributed by atoms with E-state index < -0.39 is 5.97 Å². The highest BCUT2D eigenvalue weighted by molar-refractivity contribution is 5.93. The lowest BCUT2D eigenvalue weighted by atomic mass is 10.2. The Morgan fingerprint density at radius 3 is 2.77 bits per heavy atom. The first-order valence-corrected chi connectivity index (χ1v) is 3.91. The van der Waals surface area contributed by atoms with Crippen LogP contribution in [0.15, 0.2) is 36.9 Å². The van der Waals surface area contributed by atoms with Gasteiger partial charge in [0.1, 0.15) is 0 Å². The molecule has 3 heteroatoms. The molecule has 1 N–H and O–H groups in total. The third-order valence-electron chi connectivity index (χ3n) is 1.58. The van der Waals surface area contributed by atoms with Crippen LogP contribution in [0, 0.1) is 0 Å². The number of para-hydroxylation sites is 1. The van der Waals surface area contributed by atoms with Gasteiger partial charge in [0.2, 0.25) is 0 Å². The van der Waals surface area contributed by atoms with Crippen LogP contribution in [-0.4, -0.2) is 12.5 Å². The van der Waals surface area contributed by atoms with Crippen molar-refractivity contribution in [3.8, 4) is 0 Å². The van der Waals surface area contributed by atoms with Gasteiger partial charge in [0.15, 0.2) is 0 Å². The first-order chi connectivity index (χ1) is 6.25. The van der Waals surface area contributed by atoms with Gasteiger partial charge in [0.25, 0.3) is 0 Å². The minimum Gasteiger partial charge on any atom is -0.381 e. The molecular formula is C10H10NO2. The summed E-state index contributed by atoms with van der Waals surface area (Å²) in [6.07, 6.45) is 1.66. The Labute approximate surface area is 76.7 Å². The molecule has 0 heterocycles. The Kier molecular flexibility index (Phi) is 3.09. The van der Waals surface area contributed by atoms with Gasteiger partial charge < -0.3 is 5.32 Å². The Hall–Kier alpha value is -1.77. The summed E-state index contributed by atoms with van der Waals surface area (Å²) in [6.45, 7) is 4.06. The van der Waals surface area contributed by atoms with Gasteiger partial charge in [-0.2, -0.15) is 0 Å². The predicted octanol–water partition coefficient (Wildman–Crippen LogP) is 1.86. The molecule has 0 saturated heterocycles. The highest BCUT2D eigenvalue weighted by atomic mass is 16.4. The third-order valence-corrected chi connectivity index (χ3v) is 1.58. The Morgan fingerprint density at radius 2 is 2.15 bits per heavy atom. The van der Waals surface area contributed by atoms with Crippen LogP contribution in [0.4, 0.5) is 5.69 Å². The maximum atomic E-state index is 10.6. The molecule has 0 saturated carbocycles. The first-order valence-electron chi connectivity index (χ1n) is 3.91. The Balaban J connectivity index is 2.90. The molecule has 67 valence electrons. The van der Waals surface area contributed by atoms with Crippen LogP contribution >= 0.6 is 0 Å². The van der Waals surface area contributed by atoms with E-state index in [1.54, 1.807) is 24.3 Å². The number of anilines is 1. The molecule has 0 atom stereocenters. The van der Waals surface area contributed by atoms with Crippen LogP contribution < -0.4 is 5.32 Å². The summed E-state index contributed by atoms with van der Waals surface area (Å²) in [5.74, 6) is -1.17. The van der Waals surface area contributed by atoms with Crippen LogP contribution in [0.5, 0.6) is 0 Å². The molecule has 0 spiro atoms. The average Bonchev–Trinajstić information content (AvgIpc) is 2.15. The number of carbonyl (C=O) groups excluding carboxylic acids is 1. The molecule has 3 nitrogen and oxygen atoms in total. The van der Waals surface area contributed by atoms with Gasteiger partial charge in [-0.15, -0.1) is 6.58 Å². The zero-order valence-corrected chi connectivity index (χ0v) is 7.12. The number of benzene rings is 1. The fourth-order valence-corrected chi connectivity index (χ4v) is 0.997. The molecule has 0 aliphatic heterocycles. The smallest absolute Gasteiger partial charge is 0.381 e. The van der Waals surface area contributed by atoms with E-state index in [0.29, 0.717) is 12.2 Å². The van der Waals surface area contributed by atoms with E-state index >= 15 is 0 Å². The molecule has 0 aliphatic rings. The van der Waals surface area contributed by atoms with Crippen molar-refractivity contribution in [2.75, 3.05) is 11.9 Å². The van der Waals surface area contributed by atoms with Gasteiger partial charge in [-0.3, -0.25) is 0 Å². The van der Waals surface area contributed by atoms with Gasteiger partial charge in [-0.1, -0.05) is 18.2 Å². The molecule has 1 aromatic carbocycles. The van der Waals surface area contributed by atoms with Gasteiger partial charge in [0, 0.05) is 12.2 Å². The highest BCUT2D eigenvalue weighted by Crippen LogP contribution is 2.14. The lowest BCUT2D eigenvalue weighted by molar-refractivity contribution is 0.0574. The van der Waals surface area contributed by atoms with E-state index in [4.69, 9.17) is 0 Å². The van der Waals surface area contributed by atoms with Crippen LogP contribution in [-0.2, 0) is 5.11 Å². The molecule has 1 rings (SSSR count). The molecule has 0 amide bonds. The maximum absolute atomic E-state index is 10.6. The second kappa shape index (κ2) is 4.30. The number of hydrogen-bond acceptors (Lipinski definition) is 2. The lowest BCUT2D eigenvalue weighted by Gasteiger charge is -2.05. The van der Waals surface area contributed by atoms with Crippen molar-refractivity contribution in [2.45, 2.75) is 0 Å². The maximum Gasteiger partial charge on any atom is 0.388 e. The molecule has 1 aromatic rings. The van der Waals surface area contributed by atoms with E-state index in [9.17, 15) is 9.90 Å². The highest BCUT2D eigenvalue weighted by Gasteiger charge is 2.09. The van der Waals surface area contributed by atoms with Gasteiger partial charge in [-0.05, 0) is 12.1 Å². The third kappa shape index (κ3) is 2.33. The van der Waals surface area contributed by atoms with Crippen molar-refractivity contribution >= 4 is 11.7 Å². The van der Waals surface area contributed by atoms with Crippen LogP contribution in [0.2, 0.25) is 0 Å². The minimum absolute atomic E-state index is 0.171. The molecule has 0 bridgehead atoms. The standard InChI is InChI=1S/C10H10NO2/c1-2-7-11-9-6-4-3-5-8(9)10(12)13/h2-6,11H,1,7H2. The summed E-state index contributed by atoms with van der Waals surface area (Å²) in [4.78, 5) is 10.6. The largest absolute Gasteiger partial charge is 0.388 e. The zero-order valence-electron chi connectivity index (χ0n) is 7.12. The SMILES string of the molecule is C=CCNc1ccccc1C([O])=O. The van der Waals surface area contributed by atoms with Gasteiger partial charge >= 0.3 is 5.97 Å². The monoisotopic (exact) mass is 176 g/mol. The zero-order chi connectivity index (χ0) is 9.68. The summed E-state index contributed by atoms with van der Waals surface area (Å²) >= 11 is 0. The molecule has 0 fully saturated rings. The van der Waals surface area contributed by atoms with Crippen molar-refractivity contribution in [3.63, 3.8) is 0 Å². The van der Waals surface area contributed by atoms with E-state index in [-0.39, 0.29) is 5.56 Å². The van der Waals surface area contributed by atoms with Crippen molar-refractivity contribution in [3.05, 3.63) is 42.5 Å². The van der Waals surface area contributed by atoms with E-state index in [1.165, 1.54) is 6.07 Å². The molecular weight excluding hydrogens is 166 g/mol. The van der Waals surface area contributed by atoms with Crippen LogP contribution in [0.1, 0.15) is 10.4 Å². The fourth-order valence-electron chi connectivity index (χ4n) is 0.997. The van der Waals surface area contributed by atoms with Gasteiger partial charge in [-0.25, -0.2) is 9.90 Å². The summed E-state index contributed by atoms with van der Waals surface area (Å²) in [5.41, 5.74) is 0.728. The molecule has 0 unspecified atom stereocenters. The summed E-state index contributed by atoms with van der Waals surface area (Å²) in [6, 6.07) is 6.61. The van der Waals surface area contributed by atoms with E-state index in [1.807, 2.05) is 0 Å². The summed E-state index contributed by atoms with van der Waals surface area (Å²) in [5, 5.41) is 13.5. The van der Waals surface area contributed by atoms with Crippen molar-refractivity contribution in [2.24, 2.45) is 0 Å². The first kappa shape index (κ1) is 9.32. The van der Waals surface area contributed by atoms with E-state index in [0.717, 1.165) is 0 Å². The van der Waals surface area contributed by atoms with E-state index in [2.05, 4.69) is 11.9 Å². The van der Waals surface area contributed by atoms with Crippen LogP contribution in [0.25, 0.3) is 0 Å². The fraction of sp³-hybridized carbons (Fsp3) is 0.100. The molecule has 1 radical (unpaired) electrons.